The van der Waals surface area contributed by atoms with Gasteiger partial charge in [-0.25, -0.2) is 4.79 Å². The number of para-hydroxylation sites is 2. The van der Waals surface area contributed by atoms with E-state index in [0.717, 1.165) is 0 Å². The van der Waals surface area contributed by atoms with Crippen LogP contribution in [0.15, 0.2) is 33.5 Å². The van der Waals surface area contributed by atoms with Crippen LogP contribution in [0, 0.1) is 0 Å². The fraction of sp³-hybridized carbons (Fsp3) is 0.438. The second-order valence-electron chi connectivity index (χ2n) is 5.32. The molecule has 2 rings (SSSR count). The highest BCUT2D eigenvalue weighted by Crippen LogP contribution is 2.18. The Labute approximate surface area is 133 Å². The van der Waals surface area contributed by atoms with Gasteiger partial charge in [0.15, 0.2) is 5.58 Å². The van der Waals surface area contributed by atoms with Crippen molar-refractivity contribution in [3.63, 3.8) is 0 Å². The Balaban J connectivity index is 2.10. The maximum Gasteiger partial charge on any atom is 0.420 e. The van der Waals surface area contributed by atoms with E-state index in [1.807, 2.05) is 0 Å². The molecule has 7 heteroatoms. The molecule has 1 heterocycles. The molecule has 124 valence electrons. The molecule has 0 radical (unpaired) electrons. The molecule has 0 aliphatic carbocycles. The molecule has 0 saturated carbocycles. The van der Waals surface area contributed by atoms with Gasteiger partial charge in [0.25, 0.3) is 0 Å². The summed E-state index contributed by atoms with van der Waals surface area (Å²) in [5.74, 6) is -1.09. The Kier molecular flexibility index (Phi) is 5.20. The summed E-state index contributed by atoms with van der Waals surface area (Å²) < 4.78 is 11.1. The third-order valence-corrected chi connectivity index (χ3v) is 3.74. The molecule has 1 atom stereocenters. The van der Waals surface area contributed by atoms with Crippen LogP contribution in [0.25, 0.3) is 11.1 Å². The maximum absolute atomic E-state index is 12.5. The number of oxazole rings is 1. The first-order valence-corrected chi connectivity index (χ1v) is 7.37. The van der Waals surface area contributed by atoms with E-state index < -0.39 is 11.8 Å². The van der Waals surface area contributed by atoms with Crippen molar-refractivity contribution in [2.75, 3.05) is 20.7 Å². The molecule has 7 nitrogen and oxygen atoms in total. The molecule has 2 aromatic rings. The maximum atomic E-state index is 12.5. The van der Waals surface area contributed by atoms with Crippen molar-refractivity contribution in [1.82, 2.24) is 9.47 Å². The third-order valence-electron chi connectivity index (χ3n) is 3.74. The molecule has 0 spiro atoms. The molecule has 1 unspecified atom stereocenters. The third kappa shape index (κ3) is 3.61. The SMILES string of the molecule is COC(=O)CCCN(C)C(=O)C(C)n1c(=O)oc2ccccc21. The van der Waals surface area contributed by atoms with Gasteiger partial charge >= 0.3 is 11.7 Å². The van der Waals surface area contributed by atoms with Crippen LogP contribution in [-0.4, -0.2) is 42.0 Å². The number of aromatic nitrogens is 1. The minimum atomic E-state index is -0.686. The van der Waals surface area contributed by atoms with E-state index in [-0.39, 0.29) is 18.3 Å². The first-order chi connectivity index (χ1) is 11.0. The normalized spacial score (nSPS) is 12.1. The molecule has 0 saturated heterocycles. The average molecular weight is 320 g/mol. The van der Waals surface area contributed by atoms with Crippen molar-refractivity contribution >= 4 is 23.0 Å². The number of methoxy groups -OCH3 is 1. The standard InChI is InChI=1S/C16H20N2O5/c1-11(15(20)17(2)10-6-9-14(19)22-3)18-12-7-4-5-8-13(12)23-16(18)21/h4-5,7-8,11H,6,9-10H2,1-3H3. The number of esters is 1. The van der Waals surface area contributed by atoms with Gasteiger partial charge in [-0.1, -0.05) is 12.1 Å². The van der Waals surface area contributed by atoms with Crippen LogP contribution in [0.4, 0.5) is 0 Å². The fourth-order valence-electron chi connectivity index (χ4n) is 2.45. The number of hydrogen-bond acceptors (Lipinski definition) is 5. The number of likely N-dealkylation sites (N-methyl/N-ethyl adjacent to an activating group) is 1. The topological polar surface area (TPSA) is 81.8 Å². The van der Waals surface area contributed by atoms with Crippen molar-refractivity contribution in [3.8, 4) is 0 Å². The predicted octanol–water partition coefficient (Wildman–Crippen LogP) is 1.57. The van der Waals surface area contributed by atoms with Crippen LogP contribution in [0.1, 0.15) is 25.8 Å². The van der Waals surface area contributed by atoms with Crippen LogP contribution in [0.5, 0.6) is 0 Å². The van der Waals surface area contributed by atoms with Gasteiger partial charge in [-0.05, 0) is 25.5 Å². The van der Waals surface area contributed by atoms with E-state index in [2.05, 4.69) is 4.74 Å². The van der Waals surface area contributed by atoms with Gasteiger partial charge in [-0.2, -0.15) is 0 Å². The second kappa shape index (κ2) is 7.13. The highest BCUT2D eigenvalue weighted by Gasteiger charge is 2.23. The number of hydrogen-bond donors (Lipinski definition) is 0. The minimum absolute atomic E-state index is 0.219. The molecule has 0 fully saturated rings. The zero-order valence-corrected chi connectivity index (χ0v) is 13.4. The van der Waals surface area contributed by atoms with E-state index in [0.29, 0.717) is 24.1 Å². The molecule has 0 aliphatic heterocycles. The molecular weight excluding hydrogens is 300 g/mol. The van der Waals surface area contributed by atoms with Crippen molar-refractivity contribution in [2.24, 2.45) is 0 Å². The Morgan fingerprint density at radius 3 is 2.74 bits per heavy atom. The summed E-state index contributed by atoms with van der Waals surface area (Å²) in [7, 11) is 2.97. The van der Waals surface area contributed by atoms with Gasteiger partial charge in [0.05, 0.1) is 12.6 Å². The van der Waals surface area contributed by atoms with Crippen LogP contribution < -0.4 is 5.76 Å². The molecule has 23 heavy (non-hydrogen) atoms. The largest absolute Gasteiger partial charge is 0.469 e. The summed E-state index contributed by atoms with van der Waals surface area (Å²) in [5.41, 5.74) is 1.03. The first-order valence-electron chi connectivity index (χ1n) is 7.37. The lowest BCUT2D eigenvalue weighted by atomic mass is 10.2. The smallest absolute Gasteiger partial charge is 0.420 e. The Morgan fingerprint density at radius 2 is 2.04 bits per heavy atom. The van der Waals surface area contributed by atoms with Gasteiger partial charge in [0.1, 0.15) is 6.04 Å². The van der Waals surface area contributed by atoms with Crippen molar-refractivity contribution < 1.29 is 18.7 Å². The summed E-state index contributed by atoms with van der Waals surface area (Å²) in [5, 5.41) is 0. The zero-order chi connectivity index (χ0) is 17.0. The number of carbonyl (C=O) groups excluding carboxylic acids is 2. The summed E-state index contributed by atoms with van der Waals surface area (Å²) >= 11 is 0. The molecular formula is C16H20N2O5. The number of fused-ring (bicyclic) bond motifs is 1. The number of benzene rings is 1. The number of nitrogens with zero attached hydrogens (tertiary/aromatic N) is 2. The van der Waals surface area contributed by atoms with E-state index in [4.69, 9.17) is 4.42 Å². The number of carbonyl (C=O) groups is 2. The summed E-state index contributed by atoms with van der Waals surface area (Å²) in [6.45, 7) is 2.06. The van der Waals surface area contributed by atoms with Crippen LogP contribution in [0.2, 0.25) is 0 Å². The van der Waals surface area contributed by atoms with E-state index in [1.54, 1.807) is 38.2 Å². The first kappa shape index (κ1) is 16.8. The van der Waals surface area contributed by atoms with Gasteiger partial charge in [-0.3, -0.25) is 14.2 Å². The Hall–Kier alpha value is -2.57. The van der Waals surface area contributed by atoms with Crippen molar-refractivity contribution in [2.45, 2.75) is 25.8 Å². The minimum Gasteiger partial charge on any atom is -0.469 e. The Bertz CT molecular complexity index is 761. The fourth-order valence-corrected chi connectivity index (χ4v) is 2.45. The molecule has 1 amide bonds. The van der Waals surface area contributed by atoms with E-state index in [9.17, 15) is 14.4 Å². The van der Waals surface area contributed by atoms with Crippen LogP contribution in [-0.2, 0) is 14.3 Å². The lowest BCUT2D eigenvalue weighted by Gasteiger charge is -2.21. The molecule has 0 aliphatic rings. The van der Waals surface area contributed by atoms with Crippen molar-refractivity contribution in [1.29, 1.82) is 0 Å². The van der Waals surface area contributed by atoms with Gasteiger partial charge in [0, 0.05) is 20.0 Å². The Morgan fingerprint density at radius 1 is 1.35 bits per heavy atom. The summed E-state index contributed by atoms with van der Waals surface area (Å²) in [6.07, 6.45) is 0.750. The average Bonchev–Trinajstić information content (AvgIpc) is 2.88. The van der Waals surface area contributed by atoms with Gasteiger partial charge in [-0.15, -0.1) is 0 Å². The molecule has 1 aromatic carbocycles. The lowest BCUT2D eigenvalue weighted by molar-refractivity contribution is -0.141. The van der Waals surface area contributed by atoms with Crippen molar-refractivity contribution in [3.05, 3.63) is 34.8 Å². The van der Waals surface area contributed by atoms with Crippen LogP contribution >= 0.6 is 0 Å². The highest BCUT2D eigenvalue weighted by atomic mass is 16.5. The summed E-state index contributed by atoms with van der Waals surface area (Å²) in [4.78, 5) is 37.1. The van der Waals surface area contributed by atoms with Gasteiger partial charge in [0.2, 0.25) is 5.91 Å². The lowest BCUT2D eigenvalue weighted by Crippen LogP contribution is -2.36. The van der Waals surface area contributed by atoms with Crippen LogP contribution in [0.3, 0.4) is 0 Å². The quantitative estimate of drug-likeness (QED) is 0.755. The monoisotopic (exact) mass is 320 g/mol. The molecule has 0 bridgehead atoms. The molecule has 0 N–H and O–H groups in total. The highest BCUT2D eigenvalue weighted by molar-refractivity contribution is 5.82. The molecule has 1 aromatic heterocycles. The zero-order valence-electron chi connectivity index (χ0n) is 13.4. The van der Waals surface area contributed by atoms with E-state index in [1.165, 1.54) is 16.6 Å². The second-order valence-corrected chi connectivity index (χ2v) is 5.32. The number of amides is 1. The van der Waals surface area contributed by atoms with E-state index >= 15 is 0 Å². The predicted molar refractivity (Wildman–Crippen MR) is 84.1 cm³/mol. The number of ether oxygens (including phenoxy) is 1. The summed E-state index contributed by atoms with van der Waals surface area (Å²) in [6, 6.07) is 6.28. The number of rotatable bonds is 6. The van der Waals surface area contributed by atoms with Gasteiger partial charge < -0.3 is 14.1 Å².